The summed E-state index contributed by atoms with van der Waals surface area (Å²) < 4.78 is 20.8. The van der Waals surface area contributed by atoms with Gasteiger partial charge in [0.15, 0.2) is 0 Å². The number of nitrogens with two attached hydrogens (primary N) is 2. The SMILES string of the molecule is NC(=O)c1cncc(N(F)c2ccc(N3CCOCC3)c(NC3CCCCC3N)c2)c1. The van der Waals surface area contributed by atoms with Crippen molar-refractivity contribution in [3.63, 3.8) is 0 Å². The standard InChI is InChI=1S/C22H29FN6O2/c23-29(17-11-15(22(25)30)13-26-14-17)16-5-6-21(28-7-9-31-10-8-28)20(12-16)27-19-4-2-1-3-18(19)24/h5-6,11-14,18-19,27H,1-4,7-10,24H2,(H2,25,30). The van der Waals surface area contributed by atoms with Gasteiger partial charge in [-0.05, 0) is 37.1 Å². The van der Waals surface area contributed by atoms with Crippen molar-refractivity contribution in [3.05, 3.63) is 42.2 Å². The van der Waals surface area contributed by atoms with Gasteiger partial charge in [0.25, 0.3) is 0 Å². The molecule has 0 radical (unpaired) electrons. The number of benzene rings is 1. The number of pyridine rings is 1. The second-order valence-corrected chi connectivity index (χ2v) is 8.08. The van der Waals surface area contributed by atoms with Crippen molar-refractivity contribution < 1.29 is 14.0 Å². The zero-order valence-electron chi connectivity index (χ0n) is 17.5. The lowest BCUT2D eigenvalue weighted by Crippen LogP contribution is -2.43. The molecule has 8 nitrogen and oxygen atoms in total. The van der Waals surface area contributed by atoms with Gasteiger partial charge in [0.05, 0.1) is 47.7 Å². The molecule has 166 valence electrons. The lowest BCUT2D eigenvalue weighted by atomic mass is 9.91. The number of anilines is 4. The molecule has 1 amide bonds. The Morgan fingerprint density at radius 1 is 1.16 bits per heavy atom. The first kappa shape index (κ1) is 21.3. The number of carbonyl (C=O) groups is 1. The van der Waals surface area contributed by atoms with E-state index >= 15 is 4.48 Å². The summed E-state index contributed by atoms with van der Waals surface area (Å²) in [5.41, 5.74) is 14.1. The van der Waals surface area contributed by atoms with Gasteiger partial charge in [0, 0.05) is 31.4 Å². The molecule has 1 saturated carbocycles. The minimum atomic E-state index is -0.654. The summed E-state index contributed by atoms with van der Waals surface area (Å²) in [6.07, 6.45) is 6.89. The van der Waals surface area contributed by atoms with Crippen LogP contribution in [0.2, 0.25) is 0 Å². The zero-order valence-corrected chi connectivity index (χ0v) is 17.5. The van der Waals surface area contributed by atoms with Crippen LogP contribution in [0.3, 0.4) is 0 Å². The Hall–Kier alpha value is -2.91. The number of hydrogen-bond acceptors (Lipinski definition) is 7. The monoisotopic (exact) mass is 428 g/mol. The number of carbonyl (C=O) groups excluding carboxylic acids is 1. The summed E-state index contributed by atoms with van der Waals surface area (Å²) in [4.78, 5) is 17.6. The Labute approximate surface area is 181 Å². The van der Waals surface area contributed by atoms with Crippen LogP contribution >= 0.6 is 0 Å². The highest BCUT2D eigenvalue weighted by Crippen LogP contribution is 2.36. The number of morpholine rings is 1. The summed E-state index contributed by atoms with van der Waals surface area (Å²) in [6.45, 7) is 2.86. The molecule has 4 rings (SSSR count). The molecule has 2 aromatic rings. The summed E-state index contributed by atoms with van der Waals surface area (Å²) in [6, 6.07) is 6.99. The lowest BCUT2D eigenvalue weighted by molar-refractivity contribution is 0.1000. The van der Waals surface area contributed by atoms with E-state index in [1.807, 2.05) is 6.07 Å². The number of halogens is 1. The topological polar surface area (TPSA) is 110 Å². The fourth-order valence-electron chi connectivity index (χ4n) is 4.20. The van der Waals surface area contributed by atoms with Crippen LogP contribution < -0.4 is 26.8 Å². The Morgan fingerprint density at radius 3 is 2.68 bits per heavy atom. The third kappa shape index (κ3) is 4.88. The number of ether oxygens (including phenoxy) is 1. The number of hydrogen-bond donors (Lipinski definition) is 3. The molecule has 1 aromatic carbocycles. The highest BCUT2D eigenvalue weighted by molar-refractivity contribution is 5.93. The third-order valence-corrected chi connectivity index (χ3v) is 5.95. The van der Waals surface area contributed by atoms with Crippen LogP contribution in [-0.4, -0.2) is 49.3 Å². The predicted molar refractivity (Wildman–Crippen MR) is 119 cm³/mol. The largest absolute Gasteiger partial charge is 0.379 e. The Kier molecular flexibility index (Phi) is 6.53. The first-order valence-electron chi connectivity index (χ1n) is 10.7. The maximum atomic E-state index is 15.3. The van der Waals surface area contributed by atoms with Crippen LogP contribution in [0.15, 0.2) is 36.7 Å². The molecule has 0 spiro atoms. The maximum Gasteiger partial charge on any atom is 0.250 e. The molecule has 2 atom stereocenters. The van der Waals surface area contributed by atoms with Crippen molar-refractivity contribution in [1.29, 1.82) is 0 Å². The third-order valence-electron chi connectivity index (χ3n) is 5.95. The van der Waals surface area contributed by atoms with Gasteiger partial charge in [-0.1, -0.05) is 17.3 Å². The van der Waals surface area contributed by atoms with Gasteiger partial charge in [0.2, 0.25) is 5.91 Å². The van der Waals surface area contributed by atoms with E-state index in [0.29, 0.717) is 24.0 Å². The van der Waals surface area contributed by atoms with E-state index in [4.69, 9.17) is 16.2 Å². The number of primary amides is 1. The smallest absolute Gasteiger partial charge is 0.250 e. The highest BCUT2D eigenvalue weighted by atomic mass is 19.2. The normalized spacial score (nSPS) is 21.5. The van der Waals surface area contributed by atoms with E-state index < -0.39 is 5.91 Å². The molecule has 5 N–H and O–H groups in total. The van der Waals surface area contributed by atoms with Crippen molar-refractivity contribution >= 4 is 28.7 Å². The summed E-state index contributed by atoms with van der Waals surface area (Å²) in [5, 5.41) is 4.09. The van der Waals surface area contributed by atoms with Crippen molar-refractivity contribution in [1.82, 2.24) is 4.98 Å². The molecule has 1 aromatic heterocycles. The molecule has 1 saturated heterocycles. The predicted octanol–water partition coefficient (Wildman–Crippen LogP) is 2.72. The van der Waals surface area contributed by atoms with E-state index in [0.717, 1.165) is 50.1 Å². The Morgan fingerprint density at radius 2 is 1.94 bits per heavy atom. The first-order chi connectivity index (χ1) is 15.0. The van der Waals surface area contributed by atoms with E-state index in [1.54, 1.807) is 12.1 Å². The molecule has 9 heteroatoms. The number of nitrogens with zero attached hydrogens (tertiary/aromatic N) is 3. The average Bonchev–Trinajstić information content (AvgIpc) is 2.80. The number of nitrogens with one attached hydrogen (secondary N) is 1. The molecule has 2 aliphatic rings. The minimum Gasteiger partial charge on any atom is -0.379 e. The van der Waals surface area contributed by atoms with Crippen LogP contribution in [0.25, 0.3) is 0 Å². The maximum absolute atomic E-state index is 15.3. The molecular formula is C22H29FN6O2. The van der Waals surface area contributed by atoms with Crippen molar-refractivity contribution in [2.45, 2.75) is 37.8 Å². The van der Waals surface area contributed by atoms with E-state index in [9.17, 15) is 4.79 Å². The van der Waals surface area contributed by atoms with Crippen LogP contribution in [0.5, 0.6) is 0 Å². The summed E-state index contributed by atoms with van der Waals surface area (Å²) in [5.74, 6) is -0.654. The molecule has 31 heavy (non-hydrogen) atoms. The van der Waals surface area contributed by atoms with Crippen LogP contribution in [0.1, 0.15) is 36.0 Å². The van der Waals surface area contributed by atoms with Crippen molar-refractivity contribution in [2.75, 3.05) is 41.6 Å². The molecule has 1 aliphatic carbocycles. The zero-order chi connectivity index (χ0) is 21.8. The van der Waals surface area contributed by atoms with Gasteiger partial charge in [-0.2, -0.15) is 5.12 Å². The molecule has 0 bridgehead atoms. The number of amides is 1. The molecule has 2 heterocycles. The Bertz CT molecular complexity index is 921. The van der Waals surface area contributed by atoms with Crippen molar-refractivity contribution in [3.8, 4) is 0 Å². The second kappa shape index (κ2) is 9.49. The fraction of sp³-hybridized carbons (Fsp3) is 0.455. The molecule has 1 aliphatic heterocycles. The first-order valence-corrected chi connectivity index (χ1v) is 10.7. The van der Waals surface area contributed by atoms with Gasteiger partial charge in [0.1, 0.15) is 0 Å². The summed E-state index contributed by atoms with van der Waals surface area (Å²) >= 11 is 0. The minimum absolute atomic E-state index is 0.0628. The Balaban J connectivity index is 1.65. The van der Waals surface area contributed by atoms with Crippen LogP contribution in [-0.2, 0) is 4.74 Å². The van der Waals surface area contributed by atoms with Gasteiger partial charge < -0.3 is 26.4 Å². The number of rotatable bonds is 6. The van der Waals surface area contributed by atoms with Gasteiger partial charge in [-0.3, -0.25) is 9.78 Å². The van der Waals surface area contributed by atoms with Gasteiger partial charge in [-0.25, -0.2) is 0 Å². The van der Waals surface area contributed by atoms with E-state index in [-0.39, 0.29) is 23.3 Å². The van der Waals surface area contributed by atoms with Crippen LogP contribution in [0, 0.1) is 0 Å². The highest BCUT2D eigenvalue weighted by Gasteiger charge is 2.25. The summed E-state index contributed by atoms with van der Waals surface area (Å²) in [7, 11) is 0. The quantitative estimate of drug-likeness (QED) is 0.607. The molecule has 2 unspecified atom stereocenters. The van der Waals surface area contributed by atoms with Gasteiger partial charge >= 0.3 is 0 Å². The molecular weight excluding hydrogens is 399 g/mol. The number of aromatic nitrogens is 1. The second-order valence-electron chi connectivity index (χ2n) is 8.08. The average molecular weight is 429 g/mol. The van der Waals surface area contributed by atoms with E-state index in [1.165, 1.54) is 18.5 Å². The van der Waals surface area contributed by atoms with Crippen LogP contribution in [0.4, 0.5) is 27.2 Å². The van der Waals surface area contributed by atoms with Gasteiger partial charge in [-0.15, -0.1) is 0 Å². The van der Waals surface area contributed by atoms with Crippen molar-refractivity contribution in [2.24, 2.45) is 11.5 Å². The molecule has 2 fully saturated rings. The fourth-order valence-corrected chi connectivity index (χ4v) is 4.20. The lowest BCUT2D eigenvalue weighted by Gasteiger charge is -2.35. The van der Waals surface area contributed by atoms with E-state index in [2.05, 4.69) is 15.2 Å².